The first-order chi connectivity index (χ1) is 13.3. The van der Waals surface area contributed by atoms with Crippen LogP contribution in [0.15, 0.2) is 24.7 Å². The number of fused-ring (bicyclic) bond motifs is 4. The lowest BCUT2D eigenvalue weighted by Crippen LogP contribution is -2.43. The molecular weight excluding hydrogens is 344 g/mol. The largest absolute Gasteiger partial charge is 0.378 e. The van der Waals surface area contributed by atoms with E-state index in [-0.39, 0.29) is 18.0 Å². The van der Waals surface area contributed by atoms with Crippen molar-refractivity contribution in [2.75, 3.05) is 31.2 Å². The van der Waals surface area contributed by atoms with Crippen molar-refractivity contribution in [2.45, 2.75) is 44.3 Å². The van der Waals surface area contributed by atoms with Crippen molar-refractivity contribution >= 4 is 11.9 Å². The number of morpholine rings is 1. The van der Waals surface area contributed by atoms with Crippen LogP contribution in [-0.2, 0) is 22.5 Å². The fourth-order valence-electron chi connectivity index (χ4n) is 4.53. The van der Waals surface area contributed by atoms with E-state index in [2.05, 4.69) is 19.9 Å². The molecule has 0 N–H and O–H groups in total. The number of aryl methyl sites for hydroxylation is 1. The van der Waals surface area contributed by atoms with Gasteiger partial charge in [0.2, 0.25) is 11.9 Å². The monoisotopic (exact) mass is 368 g/mol. The van der Waals surface area contributed by atoms with Crippen molar-refractivity contribution in [3.63, 3.8) is 0 Å². The van der Waals surface area contributed by atoms with Gasteiger partial charge in [0.05, 0.1) is 24.9 Å². The van der Waals surface area contributed by atoms with Crippen LogP contribution in [0.4, 0.5) is 5.95 Å². The highest BCUT2D eigenvalue weighted by atomic mass is 16.5. The summed E-state index contributed by atoms with van der Waals surface area (Å²) in [6, 6.07) is 2.27. The van der Waals surface area contributed by atoms with Crippen molar-refractivity contribution in [3.8, 4) is 0 Å². The Bertz CT molecular complexity index is 818. The first-order valence-electron chi connectivity index (χ1n) is 9.77. The van der Waals surface area contributed by atoms with Crippen molar-refractivity contribution in [1.29, 1.82) is 0 Å². The van der Waals surface area contributed by atoms with Crippen LogP contribution >= 0.6 is 0 Å². The highest BCUT2D eigenvalue weighted by molar-refractivity contribution is 5.78. The van der Waals surface area contributed by atoms with Crippen LogP contribution in [0, 0.1) is 0 Å². The van der Waals surface area contributed by atoms with Gasteiger partial charge in [-0.05, 0) is 18.9 Å². The molecule has 2 fully saturated rings. The van der Waals surface area contributed by atoms with Gasteiger partial charge in [0.25, 0.3) is 0 Å². The lowest BCUT2D eigenvalue weighted by atomic mass is 9.99. The predicted molar refractivity (Wildman–Crippen MR) is 98.2 cm³/mol. The number of nitrogens with zero attached hydrogens (tertiary/aromatic N) is 6. The van der Waals surface area contributed by atoms with Gasteiger partial charge < -0.3 is 14.5 Å². The summed E-state index contributed by atoms with van der Waals surface area (Å²) in [6.45, 7) is 3.75. The van der Waals surface area contributed by atoms with Gasteiger partial charge in [-0.2, -0.15) is 5.10 Å². The third kappa shape index (κ3) is 3.07. The zero-order chi connectivity index (χ0) is 18.2. The summed E-state index contributed by atoms with van der Waals surface area (Å²) in [5.41, 5.74) is 2.25. The molecule has 2 atom stereocenters. The Hall–Kier alpha value is -2.48. The van der Waals surface area contributed by atoms with E-state index >= 15 is 0 Å². The van der Waals surface area contributed by atoms with Gasteiger partial charge in [0.15, 0.2) is 0 Å². The van der Waals surface area contributed by atoms with E-state index < -0.39 is 0 Å². The zero-order valence-electron chi connectivity index (χ0n) is 15.3. The van der Waals surface area contributed by atoms with Crippen LogP contribution in [0.5, 0.6) is 0 Å². The molecule has 2 saturated heterocycles. The second-order valence-corrected chi connectivity index (χ2v) is 7.44. The molecule has 5 heterocycles. The maximum atomic E-state index is 12.9. The zero-order valence-corrected chi connectivity index (χ0v) is 15.3. The standard InChI is InChI=1S/C19H24N6O2/c26-18(4-7-24-6-1-5-21-24)25-14-2-3-17(25)15-13-20-19(22-16(15)12-14)23-8-10-27-11-9-23/h1,5-6,13-14,17H,2-4,7-12H2. The summed E-state index contributed by atoms with van der Waals surface area (Å²) in [5.74, 6) is 1.01. The van der Waals surface area contributed by atoms with Crippen molar-refractivity contribution < 1.29 is 9.53 Å². The SMILES string of the molecule is O=C(CCn1cccn1)N1C2CCC1c1cnc(N3CCOCC3)nc1C2. The topological polar surface area (TPSA) is 76.4 Å². The Morgan fingerprint density at radius 3 is 2.96 bits per heavy atom. The van der Waals surface area contributed by atoms with Gasteiger partial charge in [0.1, 0.15) is 0 Å². The molecule has 8 heteroatoms. The Kier molecular flexibility index (Phi) is 4.27. The van der Waals surface area contributed by atoms with E-state index in [1.807, 2.05) is 23.1 Å². The van der Waals surface area contributed by atoms with Crippen LogP contribution in [0.25, 0.3) is 0 Å². The van der Waals surface area contributed by atoms with E-state index in [0.717, 1.165) is 62.8 Å². The van der Waals surface area contributed by atoms with Crippen molar-refractivity contribution in [1.82, 2.24) is 24.6 Å². The molecule has 0 aromatic carbocycles. The summed E-state index contributed by atoms with van der Waals surface area (Å²) in [7, 11) is 0. The second-order valence-electron chi connectivity index (χ2n) is 7.44. The number of rotatable bonds is 4. The van der Waals surface area contributed by atoms with Gasteiger partial charge in [-0.15, -0.1) is 0 Å². The number of carbonyl (C=O) groups excluding carboxylic acids is 1. The molecule has 0 spiro atoms. The van der Waals surface area contributed by atoms with Gasteiger partial charge in [-0.25, -0.2) is 9.97 Å². The van der Waals surface area contributed by atoms with Crippen LogP contribution < -0.4 is 4.90 Å². The Labute approximate surface area is 158 Å². The number of aromatic nitrogens is 4. The minimum atomic E-state index is 0.127. The number of carbonyl (C=O) groups is 1. The number of hydrogen-bond donors (Lipinski definition) is 0. The average Bonchev–Trinajstić information content (AvgIpc) is 3.34. The van der Waals surface area contributed by atoms with Crippen molar-refractivity contribution in [2.24, 2.45) is 0 Å². The molecule has 8 nitrogen and oxygen atoms in total. The average molecular weight is 368 g/mol. The molecule has 2 aromatic heterocycles. The van der Waals surface area contributed by atoms with Gasteiger partial charge in [-0.3, -0.25) is 9.48 Å². The first kappa shape index (κ1) is 16.7. The molecule has 27 heavy (non-hydrogen) atoms. The molecule has 2 aromatic rings. The fourth-order valence-corrected chi connectivity index (χ4v) is 4.53. The minimum Gasteiger partial charge on any atom is -0.378 e. The van der Waals surface area contributed by atoms with Crippen molar-refractivity contribution in [3.05, 3.63) is 35.9 Å². The van der Waals surface area contributed by atoms with E-state index in [4.69, 9.17) is 9.72 Å². The highest BCUT2D eigenvalue weighted by Crippen LogP contribution is 2.43. The molecule has 3 aliphatic heterocycles. The number of hydrogen-bond acceptors (Lipinski definition) is 6. The predicted octanol–water partition coefficient (Wildman–Crippen LogP) is 1.19. The van der Waals surface area contributed by atoms with Crippen LogP contribution in [-0.4, -0.2) is 62.9 Å². The molecular formula is C19H24N6O2. The highest BCUT2D eigenvalue weighted by Gasteiger charge is 2.43. The fraction of sp³-hybridized carbons (Fsp3) is 0.579. The normalized spacial score (nSPS) is 24.1. The number of anilines is 1. The number of ether oxygens (including phenoxy) is 1. The lowest BCUT2D eigenvalue weighted by molar-refractivity contribution is -0.135. The summed E-state index contributed by atoms with van der Waals surface area (Å²) in [5, 5.41) is 4.19. The molecule has 0 aliphatic carbocycles. The third-order valence-corrected chi connectivity index (χ3v) is 5.87. The summed E-state index contributed by atoms with van der Waals surface area (Å²) in [6.07, 6.45) is 8.96. The molecule has 142 valence electrons. The van der Waals surface area contributed by atoms with Gasteiger partial charge in [0, 0.05) is 62.7 Å². The van der Waals surface area contributed by atoms with E-state index in [1.165, 1.54) is 0 Å². The summed E-state index contributed by atoms with van der Waals surface area (Å²) < 4.78 is 7.24. The molecule has 0 radical (unpaired) electrons. The molecule has 3 aliphatic rings. The van der Waals surface area contributed by atoms with E-state index in [9.17, 15) is 4.79 Å². The first-order valence-corrected chi connectivity index (χ1v) is 9.77. The lowest BCUT2D eigenvalue weighted by Gasteiger charge is -2.36. The van der Waals surface area contributed by atoms with Gasteiger partial charge >= 0.3 is 0 Å². The molecule has 2 bridgehead atoms. The van der Waals surface area contributed by atoms with Crippen LogP contribution in [0.2, 0.25) is 0 Å². The Balaban J connectivity index is 1.33. The Morgan fingerprint density at radius 2 is 2.15 bits per heavy atom. The maximum Gasteiger partial charge on any atom is 0.225 e. The number of amides is 1. The second kappa shape index (κ2) is 6.92. The molecule has 2 unspecified atom stereocenters. The quantitative estimate of drug-likeness (QED) is 0.807. The third-order valence-electron chi connectivity index (χ3n) is 5.87. The maximum absolute atomic E-state index is 12.9. The summed E-state index contributed by atoms with van der Waals surface area (Å²) >= 11 is 0. The minimum absolute atomic E-state index is 0.127. The molecule has 1 amide bonds. The summed E-state index contributed by atoms with van der Waals surface area (Å²) in [4.78, 5) is 26.7. The molecule has 5 rings (SSSR count). The van der Waals surface area contributed by atoms with Crippen LogP contribution in [0.1, 0.15) is 36.6 Å². The molecule has 0 saturated carbocycles. The smallest absolute Gasteiger partial charge is 0.225 e. The van der Waals surface area contributed by atoms with E-state index in [0.29, 0.717) is 13.0 Å². The van der Waals surface area contributed by atoms with Crippen LogP contribution in [0.3, 0.4) is 0 Å². The van der Waals surface area contributed by atoms with Gasteiger partial charge in [-0.1, -0.05) is 0 Å². The Morgan fingerprint density at radius 1 is 1.26 bits per heavy atom. The van der Waals surface area contributed by atoms with E-state index in [1.54, 1.807) is 6.20 Å².